The van der Waals surface area contributed by atoms with Crippen molar-refractivity contribution in [1.29, 1.82) is 0 Å². The summed E-state index contributed by atoms with van der Waals surface area (Å²) in [5.41, 5.74) is 0.698. The van der Waals surface area contributed by atoms with E-state index < -0.39 is 22.1 Å². The van der Waals surface area contributed by atoms with Crippen LogP contribution in [0.2, 0.25) is 5.02 Å². The lowest BCUT2D eigenvalue weighted by atomic mass is 10.2. The highest BCUT2D eigenvalue weighted by molar-refractivity contribution is 7.89. The summed E-state index contributed by atoms with van der Waals surface area (Å²) < 4.78 is 33.8. The predicted molar refractivity (Wildman–Crippen MR) is 96.4 cm³/mol. The minimum Gasteiger partial charge on any atom is -0.449 e. The molecule has 0 aliphatic carbocycles. The van der Waals surface area contributed by atoms with Crippen LogP contribution in [-0.2, 0) is 14.8 Å². The molecular weight excluding hydrogens is 394 g/mol. The van der Waals surface area contributed by atoms with E-state index in [1.165, 1.54) is 12.1 Å². The second kappa shape index (κ2) is 7.47. The molecule has 3 aromatic rings. The van der Waals surface area contributed by atoms with Crippen molar-refractivity contribution in [3.05, 3.63) is 65.0 Å². The summed E-state index contributed by atoms with van der Waals surface area (Å²) in [5.74, 6) is -0.400. The maximum Gasteiger partial charge on any atom is 0.338 e. The molecule has 1 atom stereocenters. The van der Waals surface area contributed by atoms with Gasteiger partial charge in [-0.2, -0.15) is 0 Å². The first-order valence-electron chi connectivity index (χ1n) is 7.68. The van der Waals surface area contributed by atoms with Crippen molar-refractivity contribution >= 4 is 27.6 Å². The van der Waals surface area contributed by atoms with Crippen LogP contribution in [0.1, 0.15) is 29.3 Å². The number of carbonyl (C=O) groups is 1. The molecule has 0 saturated carbocycles. The SMILES string of the molecule is C[C@@H](OC(=O)c1ccc(Cl)c(S(N)(=O)=O)c1)c1nnc(-c2ccccc2)o1. The summed E-state index contributed by atoms with van der Waals surface area (Å²) in [5, 5.41) is 12.8. The fraction of sp³-hybridized carbons (Fsp3) is 0.118. The highest BCUT2D eigenvalue weighted by Crippen LogP contribution is 2.25. The van der Waals surface area contributed by atoms with E-state index in [-0.39, 0.29) is 27.3 Å². The quantitative estimate of drug-likeness (QED) is 0.644. The van der Waals surface area contributed by atoms with Gasteiger partial charge in [0, 0.05) is 5.56 Å². The van der Waals surface area contributed by atoms with Gasteiger partial charge in [0.05, 0.1) is 10.6 Å². The molecule has 27 heavy (non-hydrogen) atoms. The van der Waals surface area contributed by atoms with E-state index in [0.29, 0.717) is 0 Å². The van der Waals surface area contributed by atoms with Gasteiger partial charge in [0.2, 0.25) is 15.9 Å². The van der Waals surface area contributed by atoms with Gasteiger partial charge in [0.1, 0.15) is 4.90 Å². The van der Waals surface area contributed by atoms with E-state index >= 15 is 0 Å². The van der Waals surface area contributed by atoms with Crippen LogP contribution >= 0.6 is 11.6 Å². The molecule has 2 N–H and O–H groups in total. The molecule has 0 amide bonds. The Morgan fingerprint density at radius 1 is 1.19 bits per heavy atom. The van der Waals surface area contributed by atoms with Gasteiger partial charge in [0.25, 0.3) is 5.89 Å². The smallest absolute Gasteiger partial charge is 0.338 e. The molecule has 140 valence electrons. The number of nitrogens with two attached hydrogens (primary N) is 1. The fourth-order valence-electron chi connectivity index (χ4n) is 2.22. The number of aromatic nitrogens is 2. The van der Waals surface area contributed by atoms with Crippen molar-refractivity contribution in [3.8, 4) is 11.5 Å². The van der Waals surface area contributed by atoms with Crippen molar-refractivity contribution in [2.24, 2.45) is 5.14 Å². The third-order valence-corrected chi connectivity index (χ3v) is 4.96. The first-order chi connectivity index (χ1) is 12.8. The number of halogens is 1. The van der Waals surface area contributed by atoms with Crippen LogP contribution in [0.3, 0.4) is 0 Å². The lowest BCUT2D eigenvalue weighted by molar-refractivity contribution is 0.0279. The van der Waals surface area contributed by atoms with Gasteiger partial charge in [0.15, 0.2) is 6.10 Å². The van der Waals surface area contributed by atoms with Crippen LogP contribution in [0.25, 0.3) is 11.5 Å². The second-order valence-corrected chi connectivity index (χ2v) is 7.49. The number of esters is 1. The third-order valence-electron chi connectivity index (χ3n) is 3.57. The normalized spacial score (nSPS) is 12.6. The number of ether oxygens (including phenoxy) is 1. The van der Waals surface area contributed by atoms with Crippen molar-refractivity contribution < 1.29 is 22.4 Å². The Morgan fingerprint density at radius 3 is 2.56 bits per heavy atom. The molecule has 3 rings (SSSR count). The molecule has 1 aromatic heterocycles. The number of nitrogens with zero attached hydrogens (tertiary/aromatic N) is 2. The average Bonchev–Trinajstić information content (AvgIpc) is 3.12. The van der Waals surface area contributed by atoms with E-state index in [1.54, 1.807) is 19.1 Å². The first-order valence-corrected chi connectivity index (χ1v) is 9.60. The van der Waals surface area contributed by atoms with Crippen LogP contribution in [0.5, 0.6) is 0 Å². The van der Waals surface area contributed by atoms with Gasteiger partial charge in [-0.25, -0.2) is 18.4 Å². The molecule has 8 nitrogen and oxygen atoms in total. The predicted octanol–water partition coefficient (Wildman–Crippen LogP) is 2.96. The molecule has 0 unspecified atom stereocenters. The Balaban J connectivity index is 1.78. The second-order valence-electron chi connectivity index (χ2n) is 5.55. The van der Waals surface area contributed by atoms with Gasteiger partial charge in [-0.15, -0.1) is 10.2 Å². The van der Waals surface area contributed by atoms with Crippen LogP contribution in [-0.4, -0.2) is 24.6 Å². The van der Waals surface area contributed by atoms with Gasteiger partial charge in [-0.05, 0) is 37.3 Å². The Kier molecular flexibility index (Phi) is 5.26. The molecule has 0 radical (unpaired) electrons. The zero-order valence-corrected chi connectivity index (χ0v) is 15.6. The summed E-state index contributed by atoms with van der Waals surface area (Å²) in [4.78, 5) is 11.9. The maximum atomic E-state index is 12.3. The molecule has 1 heterocycles. The first kappa shape index (κ1) is 19.0. The molecule has 0 saturated heterocycles. The number of carbonyl (C=O) groups excluding carboxylic acids is 1. The average molecular weight is 408 g/mol. The van der Waals surface area contributed by atoms with Crippen molar-refractivity contribution in [1.82, 2.24) is 10.2 Å². The Bertz CT molecular complexity index is 1080. The van der Waals surface area contributed by atoms with Crippen LogP contribution in [0, 0.1) is 0 Å². The highest BCUT2D eigenvalue weighted by atomic mass is 35.5. The van der Waals surface area contributed by atoms with E-state index in [2.05, 4.69) is 10.2 Å². The molecule has 10 heteroatoms. The van der Waals surface area contributed by atoms with E-state index in [4.69, 9.17) is 25.9 Å². The largest absolute Gasteiger partial charge is 0.449 e. The maximum absolute atomic E-state index is 12.3. The zero-order chi connectivity index (χ0) is 19.6. The number of primary sulfonamides is 1. The number of hydrogen-bond acceptors (Lipinski definition) is 7. The Morgan fingerprint density at radius 2 is 1.89 bits per heavy atom. The molecule has 0 bridgehead atoms. The zero-order valence-electron chi connectivity index (χ0n) is 14.0. The molecule has 0 fully saturated rings. The molecule has 0 spiro atoms. The Hall–Kier alpha value is -2.75. The topological polar surface area (TPSA) is 125 Å². The summed E-state index contributed by atoms with van der Waals surface area (Å²) in [6.45, 7) is 1.55. The minimum absolute atomic E-state index is 0.0296. The Labute approximate surface area is 160 Å². The van der Waals surface area contributed by atoms with Gasteiger partial charge in [-0.3, -0.25) is 0 Å². The van der Waals surface area contributed by atoms with Crippen molar-refractivity contribution in [3.63, 3.8) is 0 Å². The molecule has 2 aromatic carbocycles. The van der Waals surface area contributed by atoms with Gasteiger partial charge in [-0.1, -0.05) is 29.8 Å². The van der Waals surface area contributed by atoms with Gasteiger partial charge < -0.3 is 9.15 Å². The van der Waals surface area contributed by atoms with Crippen molar-refractivity contribution in [2.75, 3.05) is 0 Å². The lowest BCUT2D eigenvalue weighted by Crippen LogP contribution is -2.15. The summed E-state index contributed by atoms with van der Waals surface area (Å²) in [6.07, 6.45) is -0.851. The highest BCUT2D eigenvalue weighted by Gasteiger charge is 2.22. The van der Waals surface area contributed by atoms with E-state index in [9.17, 15) is 13.2 Å². The fourth-order valence-corrected chi connectivity index (χ4v) is 3.29. The lowest BCUT2D eigenvalue weighted by Gasteiger charge is -2.10. The van der Waals surface area contributed by atoms with E-state index in [0.717, 1.165) is 11.6 Å². The standard InChI is InChI=1S/C17H14ClN3O5S/c1-10(15-20-21-16(26-15)11-5-3-2-4-6-11)25-17(22)12-7-8-13(18)14(9-12)27(19,23)24/h2-10H,1H3,(H2,19,23,24)/t10-/m1/s1. The number of sulfonamides is 1. The monoisotopic (exact) mass is 407 g/mol. The summed E-state index contributed by atoms with van der Waals surface area (Å²) in [6, 6.07) is 12.7. The van der Waals surface area contributed by atoms with Gasteiger partial charge >= 0.3 is 5.97 Å². The van der Waals surface area contributed by atoms with E-state index in [1.807, 2.05) is 18.2 Å². The number of rotatable bonds is 5. The van der Waals surface area contributed by atoms with Crippen LogP contribution in [0.15, 0.2) is 57.8 Å². The van der Waals surface area contributed by atoms with Crippen molar-refractivity contribution in [2.45, 2.75) is 17.9 Å². The molecule has 0 aliphatic heterocycles. The molecular formula is C17H14ClN3O5S. The summed E-state index contributed by atoms with van der Waals surface area (Å²) in [7, 11) is -4.08. The number of benzene rings is 2. The van der Waals surface area contributed by atoms with Crippen LogP contribution in [0.4, 0.5) is 0 Å². The van der Waals surface area contributed by atoms with Crippen LogP contribution < -0.4 is 5.14 Å². The number of hydrogen-bond donors (Lipinski definition) is 1. The summed E-state index contributed by atoms with van der Waals surface area (Å²) >= 11 is 5.80. The molecule has 0 aliphatic rings. The minimum atomic E-state index is -4.08. The third kappa shape index (κ3) is 4.33.